The van der Waals surface area contributed by atoms with Crippen LogP contribution in [0.1, 0.15) is 26.7 Å². The maximum atomic E-state index is 13.1. The van der Waals surface area contributed by atoms with Gasteiger partial charge in [-0.3, -0.25) is 4.79 Å². The molecule has 2 N–H and O–H groups in total. The van der Waals surface area contributed by atoms with E-state index in [9.17, 15) is 4.79 Å². The van der Waals surface area contributed by atoms with E-state index in [1.807, 2.05) is 44.2 Å². The van der Waals surface area contributed by atoms with Crippen molar-refractivity contribution in [3.63, 3.8) is 0 Å². The Bertz CT molecular complexity index is 1310. The van der Waals surface area contributed by atoms with E-state index in [0.29, 0.717) is 41.1 Å². The zero-order valence-corrected chi connectivity index (χ0v) is 22.9. The molecule has 1 fully saturated rings. The summed E-state index contributed by atoms with van der Waals surface area (Å²) in [4.78, 5) is 32.8. The standard InChI is InChI=1S/C27H33ClN8O2/c1-5-27(6-2)25(37)35(4)21-15-18(7-9-22(21)38-27)31-24-20(28)17-30-26(33-24)32-19-8-10-23(29-16-19)36-13-11-34(3)12-14-36/h7-10,15-17H,5-6,11-14H2,1-4H3,(H2,30,31,32,33). The highest BCUT2D eigenvalue weighted by atomic mass is 35.5. The number of fused-ring (bicyclic) bond motifs is 1. The number of hydrogen-bond donors (Lipinski definition) is 2. The van der Waals surface area contributed by atoms with E-state index in [1.165, 1.54) is 0 Å². The molecule has 0 radical (unpaired) electrons. The number of carbonyl (C=O) groups is 1. The maximum Gasteiger partial charge on any atom is 0.270 e. The molecule has 0 unspecified atom stereocenters. The molecule has 11 heteroatoms. The fourth-order valence-electron chi connectivity index (χ4n) is 4.77. The number of pyridine rings is 1. The topological polar surface area (TPSA) is 98.8 Å². The number of carbonyl (C=O) groups excluding carboxylic acids is 1. The molecule has 1 amide bonds. The molecular weight excluding hydrogens is 504 g/mol. The predicted molar refractivity (Wildman–Crippen MR) is 151 cm³/mol. The molecule has 1 aromatic carbocycles. The minimum absolute atomic E-state index is 0.0500. The lowest BCUT2D eigenvalue weighted by Gasteiger charge is -2.40. The summed E-state index contributed by atoms with van der Waals surface area (Å²) in [6.45, 7) is 7.91. The van der Waals surface area contributed by atoms with Crippen molar-refractivity contribution in [3.05, 3.63) is 47.7 Å². The first-order valence-electron chi connectivity index (χ1n) is 12.9. The second-order valence-corrected chi connectivity index (χ2v) is 10.1. The molecule has 2 aromatic heterocycles. The highest BCUT2D eigenvalue weighted by molar-refractivity contribution is 6.32. The Morgan fingerprint density at radius 2 is 1.71 bits per heavy atom. The van der Waals surface area contributed by atoms with Crippen LogP contribution in [0.15, 0.2) is 42.7 Å². The molecule has 2 aliphatic heterocycles. The molecule has 38 heavy (non-hydrogen) atoms. The van der Waals surface area contributed by atoms with Crippen LogP contribution in [0.3, 0.4) is 0 Å². The summed E-state index contributed by atoms with van der Waals surface area (Å²) in [7, 11) is 3.91. The van der Waals surface area contributed by atoms with Gasteiger partial charge in [0.2, 0.25) is 5.95 Å². The van der Waals surface area contributed by atoms with Gasteiger partial charge in [-0.25, -0.2) is 9.97 Å². The molecule has 2 aliphatic rings. The van der Waals surface area contributed by atoms with Gasteiger partial charge in [0.05, 0.1) is 23.8 Å². The van der Waals surface area contributed by atoms with Crippen molar-refractivity contribution in [2.75, 3.05) is 60.7 Å². The maximum absolute atomic E-state index is 13.1. The normalized spacial score (nSPS) is 17.1. The molecule has 0 saturated carbocycles. The number of hydrogen-bond acceptors (Lipinski definition) is 9. The Kier molecular flexibility index (Phi) is 7.27. The Balaban J connectivity index is 1.30. The minimum Gasteiger partial charge on any atom is -0.475 e. The number of halogens is 1. The van der Waals surface area contributed by atoms with Gasteiger partial charge in [-0.15, -0.1) is 0 Å². The average molecular weight is 537 g/mol. The summed E-state index contributed by atoms with van der Waals surface area (Å²) in [6, 6.07) is 9.57. The minimum atomic E-state index is -0.829. The summed E-state index contributed by atoms with van der Waals surface area (Å²) in [5.74, 6) is 2.40. The third-order valence-electron chi connectivity index (χ3n) is 7.30. The first kappa shape index (κ1) is 26.0. The van der Waals surface area contributed by atoms with E-state index in [4.69, 9.17) is 16.3 Å². The second kappa shape index (κ2) is 10.6. The number of aromatic nitrogens is 3. The lowest BCUT2D eigenvalue weighted by atomic mass is 9.93. The monoisotopic (exact) mass is 536 g/mol. The molecule has 5 rings (SSSR count). The van der Waals surface area contributed by atoms with E-state index in [1.54, 1.807) is 24.3 Å². The lowest BCUT2D eigenvalue weighted by Crippen LogP contribution is -2.54. The van der Waals surface area contributed by atoms with E-state index in [-0.39, 0.29) is 5.91 Å². The molecule has 200 valence electrons. The number of likely N-dealkylation sites (N-methyl/N-ethyl adjacent to an activating group) is 2. The van der Waals surface area contributed by atoms with Crippen molar-refractivity contribution in [1.82, 2.24) is 19.9 Å². The van der Waals surface area contributed by atoms with Crippen LogP contribution in [0.25, 0.3) is 0 Å². The van der Waals surface area contributed by atoms with Crippen LogP contribution >= 0.6 is 11.6 Å². The molecule has 4 heterocycles. The van der Waals surface area contributed by atoms with Crippen molar-refractivity contribution in [2.45, 2.75) is 32.3 Å². The number of amides is 1. The van der Waals surface area contributed by atoms with Crippen LogP contribution in [-0.4, -0.2) is 71.6 Å². The highest BCUT2D eigenvalue weighted by Gasteiger charge is 2.44. The van der Waals surface area contributed by atoms with Gasteiger partial charge in [0.1, 0.15) is 16.6 Å². The summed E-state index contributed by atoms with van der Waals surface area (Å²) < 4.78 is 6.18. The fourth-order valence-corrected chi connectivity index (χ4v) is 4.91. The molecule has 10 nitrogen and oxygen atoms in total. The predicted octanol–water partition coefficient (Wildman–Crippen LogP) is 4.68. The fraction of sp³-hybridized carbons (Fsp3) is 0.407. The van der Waals surface area contributed by atoms with E-state index < -0.39 is 5.60 Å². The van der Waals surface area contributed by atoms with Crippen LogP contribution in [0.5, 0.6) is 5.75 Å². The highest BCUT2D eigenvalue weighted by Crippen LogP contribution is 2.41. The third kappa shape index (κ3) is 5.06. The average Bonchev–Trinajstić information content (AvgIpc) is 2.94. The van der Waals surface area contributed by atoms with Gasteiger partial charge in [-0.2, -0.15) is 4.98 Å². The number of ether oxygens (including phenoxy) is 1. The van der Waals surface area contributed by atoms with Gasteiger partial charge >= 0.3 is 0 Å². The quantitative estimate of drug-likeness (QED) is 0.446. The number of benzene rings is 1. The summed E-state index contributed by atoms with van der Waals surface area (Å²) in [6.07, 6.45) is 4.53. The van der Waals surface area contributed by atoms with Crippen LogP contribution in [0.4, 0.5) is 34.6 Å². The van der Waals surface area contributed by atoms with E-state index >= 15 is 0 Å². The van der Waals surface area contributed by atoms with Crippen LogP contribution in [0.2, 0.25) is 5.02 Å². The van der Waals surface area contributed by atoms with Crippen molar-refractivity contribution < 1.29 is 9.53 Å². The van der Waals surface area contributed by atoms with Crippen LogP contribution in [0, 0.1) is 0 Å². The molecule has 0 aliphatic carbocycles. The molecule has 1 saturated heterocycles. The van der Waals surface area contributed by atoms with Gasteiger partial charge < -0.3 is 30.1 Å². The van der Waals surface area contributed by atoms with E-state index in [2.05, 4.69) is 42.4 Å². The van der Waals surface area contributed by atoms with Crippen LogP contribution < -0.4 is 25.2 Å². The Morgan fingerprint density at radius 1 is 0.974 bits per heavy atom. The number of nitrogens with one attached hydrogen (secondary N) is 2. The lowest BCUT2D eigenvalue weighted by molar-refractivity contribution is -0.135. The van der Waals surface area contributed by atoms with Crippen LogP contribution in [-0.2, 0) is 4.79 Å². The number of nitrogens with zero attached hydrogens (tertiary/aromatic N) is 6. The molecule has 0 atom stereocenters. The summed E-state index contributed by atoms with van der Waals surface area (Å²) in [5, 5.41) is 6.81. The first-order valence-corrected chi connectivity index (χ1v) is 13.3. The largest absolute Gasteiger partial charge is 0.475 e. The van der Waals surface area contributed by atoms with Crippen molar-refractivity contribution >= 4 is 52.2 Å². The molecule has 3 aromatic rings. The number of anilines is 6. The third-order valence-corrected chi connectivity index (χ3v) is 7.58. The zero-order valence-electron chi connectivity index (χ0n) is 22.2. The molecule has 0 spiro atoms. The van der Waals surface area contributed by atoms with Crippen molar-refractivity contribution in [2.24, 2.45) is 0 Å². The van der Waals surface area contributed by atoms with Crippen molar-refractivity contribution in [1.29, 1.82) is 0 Å². The van der Waals surface area contributed by atoms with Crippen molar-refractivity contribution in [3.8, 4) is 5.75 Å². The SMILES string of the molecule is CCC1(CC)Oc2ccc(Nc3nc(Nc4ccc(N5CCN(C)CC5)nc4)ncc3Cl)cc2N(C)C1=O. The smallest absolute Gasteiger partial charge is 0.270 e. The molecular formula is C27H33ClN8O2. The van der Waals surface area contributed by atoms with Gasteiger partial charge in [0.25, 0.3) is 5.91 Å². The zero-order chi connectivity index (χ0) is 26.9. The Labute approximate surface area is 228 Å². The Morgan fingerprint density at radius 3 is 2.39 bits per heavy atom. The van der Waals surface area contributed by atoms with Gasteiger partial charge in [-0.05, 0) is 50.2 Å². The van der Waals surface area contributed by atoms with Gasteiger partial charge in [0.15, 0.2) is 11.4 Å². The number of rotatable bonds is 7. The summed E-state index contributed by atoms with van der Waals surface area (Å²) >= 11 is 6.41. The molecule has 0 bridgehead atoms. The summed E-state index contributed by atoms with van der Waals surface area (Å²) in [5.41, 5.74) is 1.35. The number of piperazine rings is 1. The van der Waals surface area contributed by atoms with Gasteiger partial charge in [-0.1, -0.05) is 25.4 Å². The van der Waals surface area contributed by atoms with Gasteiger partial charge in [0, 0.05) is 38.9 Å². The second-order valence-electron chi connectivity index (χ2n) is 9.69. The van der Waals surface area contributed by atoms with E-state index in [0.717, 1.165) is 43.4 Å². The Hall–Kier alpha value is -3.63. The first-order chi connectivity index (χ1) is 18.3.